The van der Waals surface area contributed by atoms with Crippen molar-refractivity contribution in [2.45, 2.75) is 44.9 Å². The molecule has 2 unspecified atom stereocenters. The third-order valence-electron chi connectivity index (χ3n) is 3.88. The summed E-state index contributed by atoms with van der Waals surface area (Å²) in [6.07, 6.45) is 8.02. The molecule has 0 radical (unpaired) electrons. The minimum absolute atomic E-state index is 0.228. The van der Waals surface area contributed by atoms with Crippen LogP contribution in [0.2, 0.25) is 0 Å². The number of aryl methyl sites for hydroxylation is 1. The summed E-state index contributed by atoms with van der Waals surface area (Å²) in [5.41, 5.74) is 7.14. The van der Waals surface area contributed by atoms with Gasteiger partial charge in [-0.2, -0.15) is 5.10 Å². The predicted molar refractivity (Wildman–Crippen MR) is 75.9 cm³/mol. The van der Waals surface area contributed by atoms with E-state index in [-0.39, 0.29) is 6.04 Å². The summed E-state index contributed by atoms with van der Waals surface area (Å²) < 4.78 is 7.75. The van der Waals surface area contributed by atoms with E-state index in [1.165, 1.54) is 18.4 Å². The number of nitrogens with zero attached hydrogens (tertiary/aromatic N) is 3. The van der Waals surface area contributed by atoms with Gasteiger partial charge in [0, 0.05) is 44.0 Å². The van der Waals surface area contributed by atoms with Crippen molar-refractivity contribution < 1.29 is 4.74 Å². The number of ether oxygens (including phenoxy) is 1. The highest BCUT2D eigenvalue weighted by molar-refractivity contribution is 5.11. The second-order valence-electron chi connectivity index (χ2n) is 5.31. The van der Waals surface area contributed by atoms with E-state index in [1.807, 2.05) is 10.9 Å². The zero-order chi connectivity index (χ0) is 13.7. The molecular formula is C14H26N4O. The van der Waals surface area contributed by atoms with Crippen LogP contribution in [0.1, 0.15) is 37.8 Å². The Labute approximate surface area is 115 Å². The average Bonchev–Trinajstić information content (AvgIpc) is 2.89. The lowest BCUT2D eigenvalue weighted by Crippen LogP contribution is -2.38. The van der Waals surface area contributed by atoms with E-state index < -0.39 is 0 Å². The van der Waals surface area contributed by atoms with Crippen LogP contribution in [0.5, 0.6) is 0 Å². The maximum absolute atomic E-state index is 5.94. The molecule has 1 fully saturated rings. The third-order valence-corrected chi connectivity index (χ3v) is 3.88. The van der Waals surface area contributed by atoms with Crippen molar-refractivity contribution in [1.82, 2.24) is 14.7 Å². The first kappa shape index (κ1) is 14.5. The highest BCUT2D eigenvalue weighted by atomic mass is 16.5. The SMILES string of the molecule is CCn1cc(C(CN)N(C)CC2CCCCO2)cn1. The van der Waals surface area contributed by atoms with Gasteiger partial charge in [-0.15, -0.1) is 0 Å². The second kappa shape index (κ2) is 7.03. The number of likely N-dealkylation sites (N-methyl/N-ethyl adjacent to an activating group) is 1. The van der Waals surface area contributed by atoms with Crippen molar-refractivity contribution in [2.24, 2.45) is 5.73 Å². The van der Waals surface area contributed by atoms with Crippen molar-refractivity contribution >= 4 is 0 Å². The zero-order valence-electron chi connectivity index (χ0n) is 12.1. The van der Waals surface area contributed by atoms with Crippen LogP contribution in [-0.4, -0.2) is 47.5 Å². The smallest absolute Gasteiger partial charge is 0.0702 e. The van der Waals surface area contributed by atoms with Crippen LogP contribution >= 0.6 is 0 Å². The van der Waals surface area contributed by atoms with Crippen molar-refractivity contribution in [2.75, 3.05) is 26.7 Å². The standard InChI is InChI=1S/C14H26N4O/c1-3-18-10-12(9-16-18)14(8-15)17(2)11-13-6-4-5-7-19-13/h9-10,13-14H,3-8,11,15H2,1-2H3. The molecule has 0 bridgehead atoms. The van der Waals surface area contributed by atoms with Gasteiger partial charge >= 0.3 is 0 Å². The first-order valence-corrected chi connectivity index (χ1v) is 7.28. The molecule has 2 heterocycles. The van der Waals surface area contributed by atoms with Crippen molar-refractivity contribution in [1.29, 1.82) is 0 Å². The molecule has 0 amide bonds. The van der Waals surface area contributed by atoms with E-state index in [0.29, 0.717) is 12.6 Å². The van der Waals surface area contributed by atoms with Gasteiger partial charge in [-0.3, -0.25) is 9.58 Å². The van der Waals surface area contributed by atoms with E-state index in [0.717, 1.165) is 26.1 Å². The first-order chi connectivity index (χ1) is 9.24. The van der Waals surface area contributed by atoms with Crippen molar-refractivity contribution in [3.8, 4) is 0 Å². The highest BCUT2D eigenvalue weighted by Crippen LogP contribution is 2.21. The number of hydrogen-bond donors (Lipinski definition) is 1. The Morgan fingerprint density at radius 1 is 1.58 bits per heavy atom. The molecule has 1 aliphatic rings. The fourth-order valence-corrected chi connectivity index (χ4v) is 2.69. The van der Waals surface area contributed by atoms with Gasteiger partial charge in [0.1, 0.15) is 0 Å². The zero-order valence-corrected chi connectivity index (χ0v) is 12.1. The Balaban J connectivity index is 1.95. The van der Waals surface area contributed by atoms with E-state index in [1.54, 1.807) is 0 Å². The molecule has 5 heteroatoms. The van der Waals surface area contributed by atoms with Gasteiger partial charge in [0.15, 0.2) is 0 Å². The number of hydrogen-bond acceptors (Lipinski definition) is 4. The first-order valence-electron chi connectivity index (χ1n) is 7.28. The number of rotatable bonds is 6. The molecule has 1 aromatic rings. The molecule has 5 nitrogen and oxygen atoms in total. The minimum Gasteiger partial charge on any atom is -0.377 e. The van der Waals surface area contributed by atoms with Crippen LogP contribution in [0.25, 0.3) is 0 Å². The normalized spacial score (nSPS) is 21.8. The summed E-state index contributed by atoms with van der Waals surface area (Å²) >= 11 is 0. The predicted octanol–water partition coefficient (Wildman–Crippen LogP) is 1.40. The Morgan fingerprint density at radius 2 is 2.42 bits per heavy atom. The third kappa shape index (κ3) is 3.78. The maximum atomic E-state index is 5.94. The fourth-order valence-electron chi connectivity index (χ4n) is 2.69. The molecule has 19 heavy (non-hydrogen) atoms. The van der Waals surface area contributed by atoms with E-state index in [9.17, 15) is 0 Å². The molecule has 0 aliphatic carbocycles. The molecule has 0 saturated carbocycles. The summed E-state index contributed by atoms with van der Waals surface area (Å²) in [6.45, 7) is 5.44. The summed E-state index contributed by atoms with van der Waals surface area (Å²) in [7, 11) is 2.12. The molecule has 0 aromatic carbocycles. The minimum atomic E-state index is 0.228. The lowest BCUT2D eigenvalue weighted by Gasteiger charge is -2.31. The molecule has 2 N–H and O–H groups in total. The van der Waals surface area contributed by atoms with Gasteiger partial charge < -0.3 is 10.5 Å². The molecular weight excluding hydrogens is 240 g/mol. The van der Waals surface area contributed by atoms with Gasteiger partial charge in [0.25, 0.3) is 0 Å². The van der Waals surface area contributed by atoms with E-state index in [2.05, 4.69) is 30.2 Å². The topological polar surface area (TPSA) is 56.3 Å². The summed E-state index contributed by atoms with van der Waals surface area (Å²) in [4.78, 5) is 2.30. The fraction of sp³-hybridized carbons (Fsp3) is 0.786. The van der Waals surface area contributed by atoms with Crippen LogP contribution in [0.15, 0.2) is 12.4 Å². The van der Waals surface area contributed by atoms with Crippen molar-refractivity contribution in [3.63, 3.8) is 0 Å². The molecule has 108 valence electrons. The summed E-state index contributed by atoms with van der Waals surface area (Å²) in [5, 5.41) is 4.34. The van der Waals surface area contributed by atoms with Gasteiger partial charge in [-0.05, 0) is 33.2 Å². The molecule has 1 aromatic heterocycles. The monoisotopic (exact) mass is 266 g/mol. The number of aromatic nitrogens is 2. The average molecular weight is 266 g/mol. The lowest BCUT2D eigenvalue weighted by atomic mass is 10.1. The molecule has 2 atom stereocenters. The molecule has 2 rings (SSSR count). The van der Waals surface area contributed by atoms with Crippen LogP contribution in [0.3, 0.4) is 0 Å². The Bertz CT molecular complexity index is 373. The quantitative estimate of drug-likeness (QED) is 0.845. The largest absolute Gasteiger partial charge is 0.377 e. The molecule has 0 spiro atoms. The van der Waals surface area contributed by atoms with Gasteiger partial charge in [0.05, 0.1) is 12.3 Å². The van der Waals surface area contributed by atoms with Crippen LogP contribution in [0.4, 0.5) is 0 Å². The molecule has 1 saturated heterocycles. The lowest BCUT2D eigenvalue weighted by molar-refractivity contribution is -0.00778. The molecule has 1 aliphatic heterocycles. The van der Waals surface area contributed by atoms with Crippen molar-refractivity contribution in [3.05, 3.63) is 18.0 Å². The van der Waals surface area contributed by atoms with Crippen LogP contribution in [0, 0.1) is 0 Å². The summed E-state index contributed by atoms with van der Waals surface area (Å²) in [5.74, 6) is 0. The van der Waals surface area contributed by atoms with Gasteiger partial charge in [0.2, 0.25) is 0 Å². The Morgan fingerprint density at radius 3 is 3.00 bits per heavy atom. The second-order valence-corrected chi connectivity index (χ2v) is 5.31. The van der Waals surface area contributed by atoms with E-state index in [4.69, 9.17) is 10.5 Å². The Hall–Kier alpha value is -0.910. The summed E-state index contributed by atoms with van der Waals surface area (Å²) in [6, 6.07) is 0.228. The van der Waals surface area contributed by atoms with Gasteiger partial charge in [-0.1, -0.05) is 0 Å². The van der Waals surface area contributed by atoms with Crippen LogP contribution < -0.4 is 5.73 Å². The Kier molecular flexibility index (Phi) is 5.36. The maximum Gasteiger partial charge on any atom is 0.0702 e. The highest BCUT2D eigenvalue weighted by Gasteiger charge is 2.22. The van der Waals surface area contributed by atoms with E-state index >= 15 is 0 Å². The van der Waals surface area contributed by atoms with Gasteiger partial charge in [-0.25, -0.2) is 0 Å². The van der Waals surface area contributed by atoms with Crippen LogP contribution in [-0.2, 0) is 11.3 Å². The number of nitrogens with two attached hydrogens (primary N) is 1.